The van der Waals surface area contributed by atoms with E-state index in [9.17, 15) is 22.0 Å². The molecule has 0 unspecified atom stereocenters. The summed E-state index contributed by atoms with van der Waals surface area (Å²) < 4.78 is 51.6. The zero-order valence-corrected chi connectivity index (χ0v) is 12.2. The molecule has 1 rings (SSSR count). The molecule has 20 heavy (non-hydrogen) atoms. The normalized spacial score (nSPS) is 13.2. The lowest BCUT2D eigenvalue weighted by Gasteiger charge is -2.10. The molecule has 1 aromatic carbocycles. The fourth-order valence-electron chi connectivity index (χ4n) is 1.31. The quantitative estimate of drug-likeness (QED) is 0.685. The van der Waals surface area contributed by atoms with Gasteiger partial charge in [0.25, 0.3) is 0 Å². The molecule has 0 aliphatic heterocycles. The van der Waals surface area contributed by atoms with Gasteiger partial charge in [0.15, 0.2) is 6.10 Å². The Bertz CT molecular complexity index is 599. The molecule has 0 fully saturated rings. The molecule has 0 spiro atoms. The van der Waals surface area contributed by atoms with Crippen molar-refractivity contribution in [2.45, 2.75) is 17.4 Å². The number of hydrogen-bond acceptors (Lipinski definition) is 4. The number of hydrogen-bond donors (Lipinski definition) is 3. The highest BCUT2D eigenvalue weighted by Gasteiger charge is 2.24. The minimum atomic E-state index is -4.30. The van der Waals surface area contributed by atoms with Crippen LogP contribution in [0.15, 0.2) is 21.5 Å². The van der Waals surface area contributed by atoms with Gasteiger partial charge < -0.3 is 10.2 Å². The molecule has 0 aliphatic rings. The molecule has 0 amide bonds. The second kappa shape index (κ2) is 6.57. The van der Waals surface area contributed by atoms with Gasteiger partial charge in [0, 0.05) is 17.1 Å². The van der Waals surface area contributed by atoms with Gasteiger partial charge in [-0.3, -0.25) is 0 Å². The van der Waals surface area contributed by atoms with Gasteiger partial charge in [-0.05, 0) is 28.4 Å². The van der Waals surface area contributed by atoms with Gasteiger partial charge in [-0.2, -0.15) is 0 Å². The first kappa shape index (κ1) is 17.0. The van der Waals surface area contributed by atoms with Crippen molar-refractivity contribution in [1.82, 2.24) is 4.72 Å². The molecule has 6 nitrogen and oxygen atoms in total. The van der Waals surface area contributed by atoms with Crippen molar-refractivity contribution < 1.29 is 32.2 Å². The third-order valence-electron chi connectivity index (χ3n) is 2.23. The van der Waals surface area contributed by atoms with E-state index >= 15 is 0 Å². The Kier molecular flexibility index (Phi) is 5.57. The largest absolute Gasteiger partial charge is 0.479 e. The number of carbonyl (C=O) groups is 1. The molecule has 112 valence electrons. The number of benzene rings is 1. The smallest absolute Gasteiger partial charge is 0.332 e. The van der Waals surface area contributed by atoms with Crippen LogP contribution >= 0.6 is 15.9 Å². The van der Waals surface area contributed by atoms with E-state index in [2.05, 4.69) is 15.9 Å². The highest BCUT2D eigenvalue weighted by molar-refractivity contribution is 9.10. The van der Waals surface area contributed by atoms with E-state index in [4.69, 9.17) is 10.2 Å². The molecule has 0 saturated heterocycles. The first-order chi connectivity index (χ1) is 9.15. The summed E-state index contributed by atoms with van der Waals surface area (Å²) in [6.45, 7) is -0.418. The molecule has 1 aromatic rings. The second-order valence-corrected chi connectivity index (χ2v) is 6.30. The van der Waals surface area contributed by atoms with Crippen LogP contribution in [0.3, 0.4) is 0 Å². The van der Waals surface area contributed by atoms with Crippen molar-refractivity contribution in [3.63, 3.8) is 0 Å². The Labute approximate surface area is 121 Å². The van der Waals surface area contributed by atoms with Crippen LogP contribution in [-0.2, 0) is 14.8 Å². The molecule has 3 N–H and O–H groups in total. The SMILES string of the molecule is O=C(O)[C@@H](O)CCNS(=O)(=O)c1c(F)cc(F)cc1Br. The zero-order valence-electron chi connectivity index (χ0n) is 9.81. The van der Waals surface area contributed by atoms with E-state index in [1.54, 1.807) is 0 Å². The zero-order chi connectivity index (χ0) is 15.5. The summed E-state index contributed by atoms with van der Waals surface area (Å²) in [5.74, 6) is -3.74. The lowest BCUT2D eigenvalue weighted by Crippen LogP contribution is -2.30. The standard InChI is InChI=1S/C10H10BrF2NO5S/c11-6-3-5(12)4-7(13)9(6)20(18,19)14-2-1-8(15)10(16)17/h3-4,8,14-15H,1-2H2,(H,16,17)/t8-/m0/s1. The highest BCUT2D eigenvalue weighted by Crippen LogP contribution is 2.26. The summed E-state index contributed by atoms with van der Waals surface area (Å²) >= 11 is 2.74. The Hall–Kier alpha value is -1.10. The van der Waals surface area contributed by atoms with E-state index in [1.165, 1.54) is 0 Å². The van der Waals surface area contributed by atoms with Crippen LogP contribution in [0.1, 0.15) is 6.42 Å². The molecule has 0 saturated carbocycles. The van der Waals surface area contributed by atoms with E-state index in [1.807, 2.05) is 4.72 Å². The van der Waals surface area contributed by atoms with E-state index in [0.717, 1.165) is 6.07 Å². The molecule has 10 heteroatoms. The minimum absolute atomic E-state index is 0.304. The number of nitrogens with one attached hydrogen (secondary N) is 1. The Morgan fingerprint density at radius 2 is 2.00 bits per heavy atom. The number of rotatable bonds is 6. The molecule has 0 aliphatic carbocycles. The maximum absolute atomic E-state index is 13.5. The fraction of sp³-hybridized carbons (Fsp3) is 0.300. The van der Waals surface area contributed by atoms with Crippen molar-refractivity contribution in [3.8, 4) is 0 Å². The van der Waals surface area contributed by atoms with Gasteiger partial charge >= 0.3 is 5.97 Å². The monoisotopic (exact) mass is 373 g/mol. The maximum Gasteiger partial charge on any atom is 0.332 e. The van der Waals surface area contributed by atoms with Gasteiger partial charge in [-0.1, -0.05) is 0 Å². The lowest BCUT2D eigenvalue weighted by molar-refractivity contribution is -0.146. The Morgan fingerprint density at radius 3 is 2.50 bits per heavy atom. The second-order valence-electron chi connectivity index (χ2n) is 3.74. The molecule has 0 heterocycles. The Morgan fingerprint density at radius 1 is 1.40 bits per heavy atom. The Balaban J connectivity index is 2.88. The third-order valence-corrected chi connectivity index (χ3v) is 4.65. The topological polar surface area (TPSA) is 104 Å². The molecular formula is C10H10BrF2NO5S. The van der Waals surface area contributed by atoms with Gasteiger partial charge in [0.1, 0.15) is 16.5 Å². The summed E-state index contributed by atoms with van der Waals surface area (Å²) in [6.07, 6.45) is -2.13. The van der Waals surface area contributed by atoms with Crippen molar-refractivity contribution in [1.29, 1.82) is 0 Å². The van der Waals surface area contributed by atoms with Gasteiger partial charge in [-0.15, -0.1) is 0 Å². The van der Waals surface area contributed by atoms with Crippen LogP contribution in [0.5, 0.6) is 0 Å². The average Bonchev–Trinajstić information content (AvgIpc) is 2.26. The number of aliphatic carboxylic acids is 1. The lowest BCUT2D eigenvalue weighted by atomic mass is 10.3. The molecular weight excluding hydrogens is 364 g/mol. The van der Waals surface area contributed by atoms with Crippen molar-refractivity contribution in [3.05, 3.63) is 28.2 Å². The summed E-state index contributed by atoms with van der Waals surface area (Å²) in [5.41, 5.74) is 0. The van der Waals surface area contributed by atoms with Gasteiger partial charge in [0.05, 0.1) is 0 Å². The van der Waals surface area contributed by atoms with E-state index in [0.29, 0.717) is 6.07 Å². The summed E-state index contributed by atoms with van der Waals surface area (Å²) in [4.78, 5) is 9.55. The predicted octanol–water partition coefficient (Wildman–Crippen LogP) is 0.841. The fourth-order valence-corrected chi connectivity index (χ4v) is 3.52. The van der Waals surface area contributed by atoms with Crippen molar-refractivity contribution in [2.75, 3.05) is 6.54 Å². The predicted molar refractivity (Wildman–Crippen MR) is 67.5 cm³/mol. The van der Waals surface area contributed by atoms with Crippen LogP contribution in [0.2, 0.25) is 0 Å². The molecule has 1 atom stereocenters. The van der Waals surface area contributed by atoms with Crippen LogP contribution in [0.4, 0.5) is 8.78 Å². The molecule has 0 aromatic heterocycles. The van der Waals surface area contributed by atoms with E-state index < -0.39 is 51.6 Å². The third kappa shape index (κ3) is 4.20. The van der Waals surface area contributed by atoms with Crippen LogP contribution in [-0.4, -0.2) is 37.2 Å². The summed E-state index contributed by atoms with van der Waals surface area (Å²) in [5, 5.41) is 17.4. The van der Waals surface area contributed by atoms with Gasteiger partial charge in [-0.25, -0.2) is 26.7 Å². The highest BCUT2D eigenvalue weighted by atomic mass is 79.9. The van der Waals surface area contributed by atoms with E-state index in [-0.39, 0.29) is 4.47 Å². The molecule has 0 bridgehead atoms. The summed E-state index contributed by atoms with van der Waals surface area (Å²) in [7, 11) is -4.30. The van der Waals surface area contributed by atoms with Crippen LogP contribution < -0.4 is 4.72 Å². The minimum Gasteiger partial charge on any atom is -0.479 e. The van der Waals surface area contributed by atoms with Crippen LogP contribution in [0, 0.1) is 11.6 Å². The number of carboxylic acid groups (broad SMARTS) is 1. The van der Waals surface area contributed by atoms with Gasteiger partial charge in [0.2, 0.25) is 10.0 Å². The van der Waals surface area contributed by atoms with Crippen molar-refractivity contribution >= 4 is 31.9 Å². The first-order valence-corrected chi connectivity index (χ1v) is 7.48. The van der Waals surface area contributed by atoms with Crippen molar-refractivity contribution in [2.24, 2.45) is 0 Å². The number of aliphatic hydroxyl groups excluding tert-OH is 1. The first-order valence-electron chi connectivity index (χ1n) is 5.20. The number of carboxylic acids is 1. The number of aliphatic hydroxyl groups is 1. The van der Waals surface area contributed by atoms with Crippen LogP contribution in [0.25, 0.3) is 0 Å². The maximum atomic E-state index is 13.5. The summed E-state index contributed by atoms with van der Waals surface area (Å²) in [6, 6.07) is 1.19. The molecule has 0 radical (unpaired) electrons. The average molecular weight is 374 g/mol. The number of halogens is 3. The number of sulfonamides is 1.